The van der Waals surface area contributed by atoms with Crippen LogP contribution in [0, 0.1) is 6.92 Å². The van der Waals surface area contributed by atoms with Crippen molar-refractivity contribution in [2.45, 2.75) is 26.4 Å². The first-order valence-corrected chi connectivity index (χ1v) is 12.8. The van der Waals surface area contributed by atoms with Gasteiger partial charge in [-0.05, 0) is 51.7 Å². The predicted molar refractivity (Wildman–Crippen MR) is 151 cm³/mol. The highest BCUT2D eigenvalue weighted by Gasteiger charge is 2.22. The topological polar surface area (TPSA) is 114 Å². The molecule has 0 bridgehead atoms. The van der Waals surface area contributed by atoms with Gasteiger partial charge in [-0.1, -0.05) is 18.2 Å². The summed E-state index contributed by atoms with van der Waals surface area (Å²) in [5.74, 6) is 1.21. The monoisotopic (exact) mass is 522 g/mol. The molecule has 0 aliphatic heterocycles. The summed E-state index contributed by atoms with van der Waals surface area (Å²) >= 11 is 0. The summed E-state index contributed by atoms with van der Waals surface area (Å²) in [6.45, 7) is 5.58. The minimum atomic E-state index is -0.367. The molecule has 0 aliphatic carbocycles. The van der Waals surface area contributed by atoms with E-state index in [1.54, 1.807) is 9.08 Å². The van der Waals surface area contributed by atoms with Gasteiger partial charge in [-0.3, -0.25) is 14.0 Å². The second kappa shape index (κ2) is 9.84. The summed E-state index contributed by atoms with van der Waals surface area (Å²) in [6.07, 6.45) is 9.15. The van der Waals surface area contributed by atoms with E-state index < -0.39 is 0 Å². The molecule has 0 radical (unpaired) electrons. The van der Waals surface area contributed by atoms with Gasteiger partial charge in [0.2, 0.25) is 0 Å². The number of aromatic nitrogens is 8. The molecule has 5 heterocycles. The molecule has 198 valence electrons. The Morgan fingerprint density at radius 1 is 1.13 bits per heavy atom. The Hall–Kier alpha value is -4.77. The average molecular weight is 523 g/mol. The molecule has 2 N–H and O–H groups in total. The van der Waals surface area contributed by atoms with Gasteiger partial charge in [0.1, 0.15) is 23.3 Å². The number of rotatable bonds is 8. The third kappa shape index (κ3) is 4.46. The molecule has 11 heteroatoms. The number of nitrogens with zero attached hydrogens (tertiary/aromatic N) is 8. The molecule has 0 spiro atoms. The van der Waals surface area contributed by atoms with Crippen LogP contribution in [-0.4, -0.2) is 64.5 Å². The lowest BCUT2D eigenvalue weighted by Crippen LogP contribution is -2.29. The molecular formula is C28H30N10O. The molecule has 6 aromatic rings. The molecule has 11 nitrogen and oxygen atoms in total. The Morgan fingerprint density at radius 2 is 1.95 bits per heavy atom. The molecule has 1 aromatic carbocycles. The van der Waals surface area contributed by atoms with E-state index >= 15 is 0 Å². The SMILES string of the molecule is Cc1ccn2nc(C(C)Nc3ncnc4[nH]cc(-c5cnn(CCN(C)C)c5)c34)n(-c3ccccc3)c(=O)c12. The zero-order valence-electron chi connectivity index (χ0n) is 22.3. The van der Waals surface area contributed by atoms with Crippen molar-refractivity contribution in [3.63, 3.8) is 0 Å². The summed E-state index contributed by atoms with van der Waals surface area (Å²) in [4.78, 5) is 28.1. The average Bonchev–Trinajstić information content (AvgIpc) is 3.66. The van der Waals surface area contributed by atoms with Crippen LogP contribution in [-0.2, 0) is 6.54 Å². The Bertz CT molecular complexity index is 1830. The molecule has 1 atom stereocenters. The van der Waals surface area contributed by atoms with E-state index in [9.17, 15) is 4.79 Å². The van der Waals surface area contributed by atoms with Crippen LogP contribution in [0.2, 0.25) is 0 Å². The van der Waals surface area contributed by atoms with Crippen molar-refractivity contribution in [2.75, 3.05) is 26.0 Å². The van der Waals surface area contributed by atoms with Crippen molar-refractivity contribution >= 4 is 22.4 Å². The van der Waals surface area contributed by atoms with E-state index in [1.807, 2.05) is 93.8 Å². The van der Waals surface area contributed by atoms with Gasteiger partial charge in [-0.15, -0.1) is 0 Å². The Labute approximate surface area is 224 Å². The maximum absolute atomic E-state index is 13.7. The molecular weight excluding hydrogens is 492 g/mol. The zero-order chi connectivity index (χ0) is 27.1. The largest absolute Gasteiger partial charge is 0.360 e. The smallest absolute Gasteiger partial charge is 0.282 e. The first kappa shape index (κ1) is 24.6. The van der Waals surface area contributed by atoms with Crippen molar-refractivity contribution < 1.29 is 0 Å². The normalized spacial score (nSPS) is 12.5. The first-order valence-electron chi connectivity index (χ1n) is 12.8. The Kier molecular flexibility index (Phi) is 6.20. The van der Waals surface area contributed by atoms with Crippen molar-refractivity contribution in [1.82, 2.24) is 43.8 Å². The highest BCUT2D eigenvalue weighted by atomic mass is 16.1. The molecule has 1 unspecified atom stereocenters. The van der Waals surface area contributed by atoms with Crippen LogP contribution in [0.3, 0.4) is 0 Å². The van der Waals surface area contributed by atoms with Crippen LogP contribution in [0.1, 0.15) is 24.4 Å². The third-order valence-corrected chi connectivity index (χ3v) is 6.86. The number of benzene rings is 1. The fourth-order valence-corrected chi connectivity index (χ4v) is 4.84. The van der Waals surface area contributed by atoms with Gasteiger partial charge in [-0.2, -0.15) is 10.2 Å². The summed E-state index contributed by atoms with van der Waals surface area (Å²) in [5, 5.41) is 13.8. The molecule has 6 rings (SSSR count). The number of fused-ring (bicyclic) bond motifs is 2. The summed E-state index contributed by atoms with van der Waals surface area (Å²) in [6, 6.07) is 11.1. The van der Waals surface area contributed by atoms with Gasteiger partial charge in [0.25, 0.3) is 5.56 Å². The minimum Gasteiger partial charge on any atom is -0.360 e. The molecule has 39 heavy (non-hydrogen) atoms. The third-order valence-electron chi connectivity index (χ3n) is 6.86. The molecule has 5 aromatic heterocycles. The number of nitrogens with one attached hydrogen (secondary N) is 2. The quantitative estimate of drug-likeness (QED) is 0.314. The lowest BCUT2D eigenvalue weighted by molar-refractivity contribution is 0.373. The van der Waals surface area contributed by atoms with E-state index in [4.69, 9.17) is 5.10 Å². The number of hydrogen-bond donors (Lipinski definition) is 2. The lowest BCUT2D eigenvalue weighted by Gasteiger charge is -2.20. The number of H-pyrrole nitrogens is 1. The maximum Gasteiger partial charge on any atom is 0.282 e. The van der Waals surface area contributed by atoms with E-state index in [2.05, 4.69) is 30.3 Å². The molecule has 0 saturated carbocycles. The number of hydrogen-bond acceptors (Lipinski definition) is 7. The van der Waals surface area contributed by atoms with Crippen LogP contribution in [0.4, 0.5) is 5.82 Å². The summed E-state index contributed by atoms with van der Waals surface area (Å²) < 4.78 is 5.26. The standard InChI is InChI=1S/C28H30N10O/c1-18-10-11-37-24(18)28(39)38(21-8-6-5-7-9-21)27(34-37)19(2)33-26-23-22(15-29-25(23)30-17-31-26)20-14-32-36(16-20)13-12-35(3)4/h5-11,14-17,19H,12-13H2,1-4H3,(H2,29,30,31,33). The Morgan fingerprint density at radius 3 is 2.74 bits per heavy atom. The van der Waals surface area contributed by atoms with Gasteiger partial charge in [-0.25, -0.2) is 14.5 Å². The summed E-state index contributed by atoms with van der Waals surface area (Å²) in [7, 11) is 4.09. The van der Waals surface area contributed by atoms with Crippen LogP contribution in [0.5, 0.6) is 0 Å². The van der Waals surface area contributed by atoms with Crippen LogP contribution >= 0.6 is 0 Å². The Balaban J connectivity index is 1.42. The van der Waals surface area contributed by atoms with Gasteiger partial charge < -0.3 is 15.2 Å². The van der Waals surface area contributed by atoms with E-state index in [-0.39, 0.29) is 11.6 Å². The van der Waals surface area contributed by atoms with Gasteiger partial charge in [0, 0.05) is 36.3 Å². The first-order chi connectivity index (χ1) is 18.9. The van der Waals surface area contributed by atoms with E-state index in [0.29, 0.717) is 22.8 Å². The molecule has 0 amide bonds. The van der Waals surface area contributed by atoms with Gasteiger partial charge in [0.15, 0.2) is 5.82 Å². The van der Waals surface area contributed by atoms with Crippen LogP contribution in [0.15, 0.2) is 72.3 Å². The van der Waals surface area contributed by atoms with Gasteiger partial charge >= 0.3 is 0 Å². The number of aromatic amines is 1. The van der Waals surface area contributed by atoms with E-state index in [0.717, 1.165) is 40.9 Å². The van der Waals surface area contributed by atoms with Crippen molar-refractivity contribution in [1.29, 1.82) is 0 Å². The molecule has 0 aliphatic rings. The van der Waals surface area contributed by atoms with Gasteiger partial charge in [0.05, 0.1) is 29.9 Å². The van der Waals surface area contributed by atoms with Crippen LogP contribution in [0.25, 0.3) is 33.4 Å². The minimum absolute atomic E-state index is 0.123. The number of aryl methyl sites for hydroxylation is 1. The van der Waals surface area contributed by atoms with E-state index in [1.165, 1.54) is 6.33 Å². The molecule has 0 fully saturated rings. The number of anilines is 1. The summed E-state index contributed by atoms with van der Waals surface area (Å²) in [5.41, 5.74) is 4.68. The van der Waals surface area contributed by atoms with Crippen LogP contribution < -0.4 is 10.9 Å². The zero-order valence-corrected chi connectivity index (χ0v) is 22.3. The van der Waals surface area contributed by atoms with Crippen molar-refractivity contribution in [3.05, 3.63) is 89.3 Å². The molecule has 0 saturated heterocycles. The highest BCUT2D eigenvalue weighted by Crippen LogP contribution is 2.33. The fraction of sp³-hybridized carbons (Fsp3) is 0.250. The highest BCUT2D eigenvalue weighted by molar-refractivity contribution is 6.00. The number of likely N-dealkylation sites (N-methyl/N-ethyl adjacent to an activating group) is 1. The second-order valence-corrected chi connectivity index (χ2v) is 9.94. The maximum atomic E-state index is 13.7. The number of para-hydroxylation sites is 1. The fourth-order valence-electron chi connectivity index (χ4n) is 4.84. The lowest BCUT2D eigenvalue weighted by atomic mass is 10.1. The van der Waals surface area contributed by atoms with Crippen molar-refractivity contribution in [3.8, 4) is 16.8 Å². The second-order valence-electron chi connectivity index (χ2n) is 9.94. The van der Waals surface area contributed by atoms with Crippen molar-refractivity contribution in [2.24, 2.45) is 0 Å². The predicted octanol–water partition coefficient (Wildman–Crippen LogP) is 3.66.